The molecule has 0 saturated heterocycles. The molecule has 0 aliphatic carbocycles. The van der Waals surface area contributed by atoms with Gasteiger partial charge in [0.05, 0.1) is 18.2 Å². The first-order valence-corrected chi connectivity index (χ1v) is 10.8. The Morgan fingerprint density at radius 3 is 2.50 bits per heavy atom. The Bertz CT molecular complexity index is 1310. The van der Waals surface area contributed by atoms with E-state index in [1.165, 1.54) is 19.1 Å². The third kappa shape index (κ3) is 5.45. The average molecular weight is 496 g/mol. The normalized spacial score (nSPS) is 14.4. The van der Waals surface area contributed by atoms with Crippen molar-refractivity contribution in [1.29, 1.82) is 5.26 Å². The molecule has 36 heavy (non-hydrogen) atoms. The Kier molecular flexibility index (Phi) is 6.92. The number of nitrogens with zero attached hydrogens (tertiary/aromatic N) is 1. The second-order valence-electron chi connectivity index (χ2n) is 8.27. The lowest BCUT2D eigenvalue weighted by Gasteiger charge is -2.25. The number of hydrogen-bond donors (Lipinski definition) is 2. The summed E-state index contributed by atoms with van der Waals surface area (Å²) in [6, 6.07) is 19.3. The van der Waals surface area contributed by atoms with Gasteiger partial charge in [-0.05, 0) is 41.7 Å². The molecule has 184 valence electrons. The topological polar surface area (TPSA) is 101 Å². The van der Waals surface area contributed by atoms with Crippen LogP contribution in [0, 0.1) is 11.3 Å². The van der Waals surface area contributed by atoms with Crippen molar-refractivity contribution in [2.24, 2.45) is 0 Å². The molecule has 0 fully saturated rings. The predicted octanol–water partition coefficient (Wildman–Crippen LogP) is 3.56. The molecule has 0 bridgehead atoms. The van der Waals surface area contributed by atoms with E-state index in [2.05, 4.69) is 10.1 Å². The molecule has 0 aromatic heterocycles. The number of nitrogens with one attached hydrogen (secondary N) is 1. The van der Waals surface area contributed by atoms with Crippen LogP contribution in [0.3, 0.4) is 0 Å². The van der Waals surface area contributed by atoms with Crippen molar-refractivity contribution in [2.75, 3.05) is 6.61 Å². The van der Waals surface area contributed by atoms with Crippen LogP contribution in [0.25, 0.3) is 11.1 Å². The lowest BCUT2D eigenvalue weighted by molar-refractivity contribution is -0.274. The molecule has 1 atom stereocenters. The Balaban J connectivity index is 1.59. The van der Waals surface area contributed by atoms with Crippen molar-refractivity contribution < 1.29 is 37.1 Å². The minimum absolute atomic E-state index is 0.224. The van der Waals surface area contributed by atoms with Gasteiger partial charge in [0.2, 0.25) is 0 Å². The molecule has 11 heteroatoms. The van der Waals surface area contributed by atoms with E-state index in [4.69, 9.17) is 9.39 Å². The molecule has 1 unspecified atom stereocenters. The van der Waals surface area contributed by atoms with Gasteiger partial charge in [-0.1, -0.05) is 48.5 Å². The minimum atomic E-state index is -4.99. The van der Waals surface area contributed by atoms with E-state index >= 15 is 0 Å². The fraction of sp³-hybridized carbons (Fsp3) is 0.200. The molecule has 3 aromatic carbocycles. The fourth-order valence-electron chi connectivity index (χ4n) is 3.83. The average Bonchev–Trinajstić information content (AvgIpc) is 3.23. The summed E-state index contributed by atoms with van der Waals surface area (Å²) in [5, 5.41) is 22.6. The number of fused-ring (bicyclic) bond motifs is 1. The van der Waals surface area contributed by atoms with Crippen molar-refractivity contribution in [1.82, 2.24) is 5.32 Å². The highest BCUT2D eigenvalue weighted by molar-refractivity contribution is 6.63. The van der Waals surface area contributed by atoms with Gasteiger partial charge < -0.3 is 24.5 Å². The molecule has 1 aliphatic heterocycles. The summed E-state index contributed by atoms with van der Waals surface area (Å²) in [7, 11) is -1.16. The number of hydrogen-bond acceptors (Lipinski definition) is 6. The van der Waals surface area contributed by atoms with Gasteiger partial charge in [0, 0.05) is 5.56 Å². The molecular formula is C25H20BF3N2O5. The first-order valence-electron chi connectivity index (χ1n) is 10.8. The van der Waals surface area contributed by atoms with E-state index < -0.39 is 30.7 Å². The van der Waals surface area contributed by atoms with Crippen LogP contribution in [0.15, 0.2) is 66.7 Å². The number of carbonyl (C=O) groups is 1. The highest BCUT2D eigenvalue weighted by atomic mass is 19.4. The minimum Gasteiger partial charge on any atom is -0.489 e. The van der Waals surface area contributed by atoms with Crippen molar-refractivity contribution >= 4 is 18.5 Å². The Hall–Kier alpha value is -4.01. The SMILES string of the molecule is CC(C#N)(COc1ccc2c(c1-c1ccccc1)B(O)OC2)NC(=O)c1ccccc1OC(F)(F)F. The zero-order valence-electron chi connectivity index (χ0n) is 19.0. The van der Waals surface area contributed by atoms with Crippen molar-refractivity contribution in [3.63, 3.8) is 0 Å². The maximum absolute atomic E-state index is 12.8. The van der Waals surface area contributed by atoms with Crippen LogP contribution in [-0.2, 0) is 11.3 Å². The number of amides is 1. The maximum atomic E-state index is 12.8. The van der Waals surface area contributed by atoms with Gasteiger partial charge >= 0.3 is 13.5 Å². The molecule has 0 saturated carbocycles. The zero-order valence-corrected chi connectivity index (χ0v) is 19.0. The molecule has 3 aromatic rings. The van der Waals surface area contributed by atoms with E-state index in [0.29, 0.717) is 16.8 Å². The van der Waals surface area contributed by atoms with Crippen LogP contribution in [0.5, 0.6) is 11.5 Å². The monoisotopic (exact) mass is 496 g/mol. The molecule has 2 N–H and O–H groups in total. The fourth-order valence-corrected chi connectivity index (χ4v) is 3.83. The molecule has 0 spiro atoms. The third-order valence-corrected chi connectivity index (χ3v) is 5.51. The lowest BCUT2D eigenvalue weighted by atomic mass is 9.74. The summed E-state index contributed by atoms with van der Waals surface area (Å²) >= 11 is 0. The number of nitriles is 1. The van der Waals surface area contributed by atoms with Crippen LogP contribution >= 0.6 is 0 Å². The molecule has 4 rings (SSSR count). The van der Waals surface area contributed by atoms with Crippen LogP contribution < -0.4 is 20.3 Å². The highest BCUT2D eigenvalue weighted by Gasteiger charge is 2.36. The standard InChI is InChI=1S/C25H20BF3N2O5/c1-24(14-30,31-23(32)18-9-5-6-10-19(18)36-25(27,28)29)15-34-20-12-11-17-13-35-26(33)22(17)21(20)16-7-3-2-4-8-16/h2-12,33H,13,15H2,1H3,(H,31,32). The van der Waals surface area contributed by atoms with Crippen molar-refractivity contribution in [3.8, 4) is 28.7 Å². The largest absolute Gasteiger partial charge is 0.573 e. The smallest absolute Gasteiger partial charge is 0.489 e. The first-order chi connectivity index (χ1) is 17.1. The summed E-state index contributed by atoms with van der Waals surface area (Å²) < 4.78 is 53.5. The van der Waals surface area contributed by atoms with Gasteiger partial charge in [0.1, 0.15) is 18.1 Å². The summed E-state index contributed by atoms with van der Waals surface area (Å²) in [5.74, 6) is -1.30. The molecule has 1 heterocycles. The number of benzene rings is 3. The van der Waals surface area contributed by atoms with Crippen LogP contribution in [0.4, 0.5) is 13.2 Å². The zero-order chi connectivity index (χ0) is 25.9. The van der Waals surface area contributed by atoms with Gasteiger partial charge in [0.25, 0.3) is 5.91 Å². The number of para-hydroxylation sites is 1. The number of rotatable bonds is 7. The second kappa shape index (κ2) is 9.93. The molecular weight excluding hydrogens is 476 g/mol. The number of carbonyl (C=O) groups excluding carboxylic acids is 1. The number of halogens is 3. The van der Waals surface area contributed by atoms with Crippen molar-refractivity contribution in [3.05, 3.63) is 77.9 Å². The second-order valence-corrected chi connectivity index (χ2v) is 8.27. The maximum Gasteiger partial charge on any atom is 0.573 e. The molecule has 1 aliphatic rings. The Labute approximate surface area is 205 Å². The first kappa shape index (κ1) is 25.1. The lowest BCUT2D eigenvalue weighted by Crippen LogP contribution is -2.49. The molecule has 7 nitrogen and oxygen atoms in total. The van der Waals surface area contributed by atoms with Gasteiger partial charge in [-0.3, -0.25) is 4.79 Å². The van der Waals surface area contributed by atoms with Gasteiger partial charge in [-0.25, -0.2) is 0 Å². The van der Waals surface area contributed by atoms with E-state index in [0.717, 1.165) is 23.3 Å². The molecule has 1 amide bonds. The van der Waals surface area contributed by atoms with Crippen molar-refractivity contribution in [2.45, 2.75) is 25.4 Å². The highest BCUT2D eigenvalue weighted by Crippen LogP contribution is 2.33. The summed E-state index contributed by atoms with van der Waals surface area (Å²) in [6.07, 6.45) is -4.99. The van der Waals surface area contributed by atoms with Gasteiger partial charge in [-0.15, -0.1) is 13.2 Å². The molecule has 0 radical (unpaired) electrons. The van der Waals surface area contributed by atoms with Gasteiger partial charge in [-0.2, -0.15) is 5.26 Å². The van der Waals surface area contributed by atoms with Gasteiger partial charge in [0.15, 0.2) is 5.54 Å². The number of ether oxygens (including phenoxy) is 2. The number of alkyl halides is 3. The summed E-state index contributed by atoms with van der Waals surface area (Å²) in [4.78, 5) is 12.8. The Morgan fingerprint density at radius 2 is 1.81 bits per heavy atom. The van der Waals surface area contributed by atoms with E-state index in [1.54, 1.807) is 12.1 Å². The quantitative estimate of drug-likeness (QED) is 0.486. The summed E-state index contributed by atoms with van der Waals surface area (Å²) in [6.45, 7) is 1.26. The predicted molar refractivity (Wildman–Crippen MR) is 124 cm³/mol. The van der Waals surface area contributed by atoms with Crippen LogP contribution in [0.2, 0.25) is 0 Å². The third-order valence-electron chi connectivity index (χ3n) is 5.51. The Morgan fingerprint density at radius 1 is 1.11 bits per heavy atom. The van der Waals surface area contributed by atoms with E-state index in [9.17, 15) is 28.3 Å². The van der Waals surface area contributed by atoms with E-state index in [-0.39, 0.29) is 18.8 Å². The van der Waals surface area contributed by atoms with Crippen LogP contribution in [0.1, 0.15) is 22.8 Å². The van der Waals surface area contributed by atoms with Crippen LogP contribution in [-0.4, -0.2) is 36.6 Å². The van der Waals surface area contributed by atoms with E-state index in [1.807, 2.05) is 36.4 Å². The summed E-state index contributed by atoms with van der Waals surface area (Å²) in [5.41, 5.74) is 0.637.